The number of hydrogen-bond acceptors (Lipinski definition) is 3. The number of hydrogen-bond donors (Lipinski definition) is 1. The highest BCUT2D eigenvalue weighted by molar-refractivity contribution is 6.31. The number of para-hydroxylation sites is 1. The summed E-state index contributed by atoms with van der Waals surface area (Å²) in [5.74, 6) is 2.27. The Bertz CT molecular complexity index is 771. The van der Waals surface area contributed by atoms with Gasteiger partial charge in [0.15, 0.2) is 0 Å². The second-order valence-electron chi connectivity index (χ2n) is 7.91. The van der Waals surface area contributed by atoms with Gasteiger partial charge in [-0.2, -0.15) is 0 Å². The summed E-state index contributed by atoms with van der Waals surface area (Å²) in [6.07, 6.45) is 4.79. The quantitative estimate of drug-likeness (QED) is 0.766. The first-order valence-corrected chi connectivity index (χ1v) is 10.5. The molecule has 1 unspecified atom stereocenters. The van der Waals surface area contributed by atoms with Crippen LogP contribution in [-0.2, 0) is 6.42 Å². The van der Waals surface area contributed by atoms with Gasteiger partial charge in [0, 0.05) is 29.7 Å². The molecule has 4 heteroatoms. The number of rotatable bonds is 5. The lowest BCUT2D eigenvalue weighted by atomic mass is 9.87. The average molecular weight is 385 g/mol. The van der Waals surface area contributed by atoms with Crippen molar-refractivity contribution in [3.63, 3.8) is 0 Å². The zero-order chi connectivity index (χ0) is 18.6. The maximum Gasteiger partial charge on any atom is 0.119 e. The summed E-state index contributed by atoms with van der Waals surface area (Å²) in [6.45, 7) is 4.66. The molecular formula is C23H29ClN2O. The fraction of sp³-hybridized carbons (Fsp3) is 0.478. The standard InChI is InChI=1S/C23H29ClN2O/c1-27-20-6-7-22(24)19(15-20)14-17-9-12-26(13-10-17)16-18-8-11-25-23-5-3-2-4-21(18)23/h2-7,15,17-18,25H,8-14,16H2,1H3. The van der Waals surface area contributed by atoms with E-state index in [9.17, 15) is 0 Å². The van der Waals surface area contributed by atoms with Crippen LogP contribution < -0.4 is 10.1 Å². The first kappa shape index (κ1) is 18.6. The zero-order valence-electron chi connectivity index (χ0n) is 16.1. The summed E-state index contributed by atoms with van der Waals surface area (Å²) in [7, 11) is 1.71. The van der Waals surface area contributed by atoms with E-state index in [-0.39, 0.29) is 0 Å². The van der Waals surface area contributed by atoms with Gasteiger partial charge in [0.2, 0.25) is 0 Å². The van der Waals surface area contributed by atoms with Gasteiger partial charge in [-0.1, -0.05) is 29.8 Å². The minimum atomic E-state index is 0.659. The molecule has 4 rings (SSSR count). The van der Waals surface area contributed by atoms with E-state index in [1.165, 1.54) is 55.7 Å². The van der Waals surface area contributed by atoms with Gasteiger partial charge in [-0.3, -0.25) is 0 Å². The largest absolute Gasteiger partial charge is 0.497 e. The smallest absolute Gasteiger partial charge is 0.119 e. The van der Waals surface area contributed by atoms with Crippen LogP contribution in [0.2, 0.25) is 5.02 Å². The third kappa shape index (κ3) is 4.41. The minimum absolute atomic E-state index is 0.659. The third-order valence-corrected chi connectivity index (χ3v) is 6.52. The Morgan fingerprint density at radius 3 is 2.74 bits per heavy atom. The predicted octanol–water partition coefficient (Wildman–Crippen LogP) is 5.20. The van der Waals surface area contributed by atoms with Crippen molar-refractivity contribution < 1.29 is 4.74 Å². The van der Waals surface area contributed by atoms with Crippen molar-refractivity contribution in [2.24, 2.45) is 5.92 Å². The van der Waals surface area contributed by atoms with Crippen LogP contribution in [0.25, 0.3) is 0 Å². The maximum atomic E-state index is 6.41. The molecule has 1 saturated heterocycles. The highest BCUT2D eigenvalue weighted by Gasteiger charge is 2.25. The number of likely N-dealkylation sites (tertiary alicyclic amines) is 1. The van der Waals surface area contributed by atoms with Gasteiger partial charge in [-0.15, -0.1) is 0 Å². The van der Waals surface area contributed by atoms with Crippen LogP contribution >= 0.6 is 11.6 Å². The van der Waals surface area contributed by atoms with Crippen LogP contribution in [0.1, 0.15) is 36.3 Å². The maximum absolute atomic E-state index is 6.41. The monoisotopic (exact) mass is 384 g/mol. The van der Waals surface area contributed by atoms with Crippen LogP contribution in [0.15, 0.2) is 42.5 Å². The molecule has 2 aromatic carbocycles. The summed E-state index contributed by atoms with van der Waals surface area (Å²) < 4.78 is 5.36. The fourth-order valence-corrected chi connectivity index (χ4v) is 4.77. The summed E-state index contributed by atoms with van der Waals surface area (Å²) in [5, 5.41) is 4.40. The number of piperidine rings is 1. The van der Waals surface area contributed by atoms with Gasteiger partial charge < -0.3 is 15.0 Å². The molecule has 0 amide bonds. The number of ether oxygens (including phenoxy) is 1. The highest BCUT2D eigenvalue weighted by Crippen LogP contribution is 2.33. The van der Waals surface area contributed by atoms with Gasteiger partial charge in [-0.25, -0.2) is 0 Å². The van der Waals surface area contributed by atoms with Crippen molar-refractivity contribution in [3.05, 3.63) is 58.6 Å². The van der Waals surface area contributed by atoms with E-state index >= 15 is 0 Å². The molecule has 0 bridgehead atoms. The van der Waals surface area contributed by atoms with Crippen molar-refractivity contribution in [1.29, 1.82) is 0 Å². The molecule has 2 aliphatic rings. The molecule has 2 aliphatic heterocycles. The van der Waals surface area contributed by atoms with E-state index in [2.05, 4.69) is 40.5 Å². The molecule has 0 radical (unpaired) electrons. The summed E-state index contributed by atoms with van der Waals surface area (Å²) in [5.41, 5.74) is 4.05. The SMILES string of the molecule is COc1ccc(Cl)c(CC2CCN(CC3CCNc4ccccc43)CC2)c1. The first-order valence-electron chi connectivity index (χ1n) is 10.1. The second kappa shape index (κ2) is 8.53. The van der Waals surface area contributed by atoms with Gasteiger partial charge >= 0.3 is 0 Å². The van der Waals surface area contributed by atoms with Gasteiger partial charge in [0.05, 0.1) is 7.11 Å². The molecule has 2 heterocycles. The molecular weight excluding hydrogens is 356 g/mol. The van der Waals surface area contributed by atoms with E-state index in [4.69, 9.17) is 16.3 Å². The number of benzene rings is 2. The number of fused-ring (bicyclic) bond motifs is 1. The molecule has 0 aromatic heterocycles. The van der Waals surface area contributed by atoms with Crippen LogP contribution in [0.3, 0.4) is 0 Å². The molecule has 0 aliphatic carbocycles. The Kier molecular flexibility index (Phi) is 5.89. The number of anilines is 1. The summed E-state index contributed by atoms with van der Waals surface area (Å²) in [4.78, 5) is 2.66. The molecule has 1 N–H and O–H groups in total. The van der Waals surface area contributed by atoms with Crippen LogP contribution in [0.5, 0.6) is 5.75 Å². The van der Waals surface area contributed by atoms with Gasteiger partial charge in [-0.05, 0) is 80.1 Å². The highest BCUT2D eigenvalue weighted by atomic mass is 35.5. The molecule has 2 aromatic rings. The average Bonchev–Trinajstić information content (AvgIpc) is 2.71. The van der Waals surface area contributed by atoms with E-state index in [1.54, 1.807) is 7.11 Å². The normalized spacial score (nSPS) is 20.7. The van der Waals surface area contributed by atoms with Crippen LogP contribution in [-0.4, -0.2) is 38.2 Å². The predicted molar refractivity (Wildman–Crippen MR) is 113 cm³/mol. The molecule has 3 nitrogen and oxygen atoms in total. The van der Waals surface area contributed by atoms with Gasteiger partial charge in [0.1, 0.15) is 5.75 Å². The first-order chi connectivity index (χ1) is 13.2. The van der Waals surface area contributed by atoms with Gasteiger partial charge in [0.25, 0.3) is 0 Å². The lowest BCUT2D eigenvalue weighted by Crippen LogP contribution is -2.38. The van der Waals surface area contributed by atoms with Crippen molar-refractivity contribution in [2.75, 3.05) is 38.6 Å². The van der Waals surface area contributed by atoms with Crippen molar-refractivity contribution in [1.82, 2.24) is 4.90 Å². The van der Waals surface area contributed by atoms with Crippen molar-refractivity contribution in [3.8, 4) is 5.75 Å². The number of nitrogens with one attached hydrogen (secondary N) is 1. The van der Waals surface area contributed by atoms with E-state index < -0.39 is 0 Å². The fourth-order valence-electron chi connectivity index (χ4n) is 4.57. The minimum Gasteiger partial charge on any atom is -0.497 e. The van der Waals surface area contributed by atoms with Crippen molar-refractivity contribution in [2.45, 2.75) is 31.6 Å². The Morgan fingerprint density at radius 2 is 1.93 bits per heavy atom. The topological polar surface area (TPSA) is 24.5 Å². The summed E-state index contributed by atoms with van der Waals surface area (Å²) >= 11 is 6.41. The van der Waals surface area contributed by atoms with E-state index in [1.807, 2.05) is 12.1 Å². The number of nitrogens with zero attached hydrogens (tertiary/aromatic N) is 1. The van der Waals surface area contributed by atoms with E-state index in [0.29, 0.717) is 11.8 Å². The Morgan fingerprint density at radius 1 is 1.11 bits per heavy atom. The zero-order valence-corrected chi connectivity index (χ0v) is 16.8. The molecule has 1 fully saturated rings. The Labute approximate surface area is 167 Å². The van der Waals surface area contributed by atoms with E-state index in [0.717, 1.165) is 23.7 Å². The molecule has 27 heavy (non-hydrogen) atoms. The molecule has 0 spiro atoms. The van der Waals surface area contributed by atoms with Crippen LogP contribution in [0, 0.1) is 5.92 Å². The second-order valence-corrected chi connectivity index (χ2v) is 8.31. The lowest BCUT2D eigenvalue weighted by molar-refractivity contribution is 0.172. The number of methoxy groups -OCH3 is 1. The Balaban J connectivity index is 1.32. The summed E-state index contributed by atoms with van der Waals surface area (Å²) in [6, 6.07) is 14.8. The molecule has 1 atom stereocenters. The third-order valence-electron chi connectivity index (χ3n) is 6.16. The Hall–Kier alpha value is -1.71. The van der Waals surface area contributed by atoms with Crippen LogP contribution in [0.4, 0.5) is 5.69 Å². The number of halogens is 1. The van der Waals surface area contributed by atoms with Crippen molar-refractivity contribution >= 4 is 17.3 Å². The lowest BCUT2D eigenvalue weighted by Gasteiger charge is -2.36. The molecule has 0 saturated carbocycles. The molecule has 144 valence electrons.